The molecule has 0 saturated heterocycles. The first-order chi connectivity index (χ1) is 12.4. The maximum atomic E-state index is 12.2. The van der Waals surface area contributed by atoms with Crippen LogP contribution in [0.3, 0.4) is 0 Å². The third-order valence-electron chi connectivity index (χ3n) is 4.21. The van der Waals surface area contributed by atoms with Crippen molar-refractivity contribution in [1.29, 1.82) is 0 Å². The number of hydrogen-bond donors (Lipinski definition) is 2. The summed E-state index contributed by atoms with van der Waals surface area (Å²) in [6.45, 7) is 12.3. The zero-order valence-electron chi connectivity index (χ0n) is 16.7. The standard InChI is InChI=1S/C22H27ClN2O2/c1-21(2,3)17-10-14(11-18(19(17)26)22(4,5)6)13-24-25-20(27)15-8-7-9-16(23)12-15/h7-13,26H,1-6H3,(H,25,27)/b24-13-. The number of amides is 1. The van der Waals surface area contributed by atoms with Gasteiger partial charge in [0.2, 0.25) is 0 Å². The molecule has 0 aliphatic heterocycles. The SMILES string of the molecule is CC(C)(C)c1cc(/C=N\NC(=O)c2cccc(Cl)c2)cc(C(C)(C)C)c1O. The van der Waals surface area contributed by atoms with Crippen molar-refractivity contribution >= 4 is 23.7 Å². The van der Waals surface area contributed by atoms with E-state index in [1.807, 2.05) is 12.1 Å². The molecular formula is C22H27ClN2O2. The van der Waals surface area contributed by atoms with E-state index in [4.69, 9.17) is 11.6 Å². The van der Waals surface area contributed by atoms with Gasteiger partial charge in [0.15, 0.2) is 0 Å². The molecule has 27 heavy (non-hydrogen) atoms. The average Bonchev–Trinajstić information content (AvgIpc) is 2.53. The van der Waals surface area contributed by atoms with Gasteiger partial charge in [0.1, 0.15) is 5.75 Å². The van der Waals surface area contributed by atoms with Crippen molar-refractivity contribution in [3.63, 3.8) is 0 Å². The lowest BCUT2D eigenvalue weighted by atomic mass is 9.78. The van der Waals surface area contributed by atoms with Crippen molar-refractivity contribution in [3.8, 4) is 5.75 Å². The normalized spacial score (nSPS) is 12.4. The van der Waals surface area contributed by atoms with Crippen LogP contribution in [0.1, 0.15) is 68.6 Å². The Hall–Kier alpha value is -2.33. The van der Waals surface area contributed by atoms with Crippen molar-refractivity contribution in [2.75, 3.05) is 0 Å². The van der Waals surface area contributed by atoms with Crippen LogP contribution in [0.2, 0.25) is 5.02 Å². The summed E-state index contributed by atoms with van der Waals surface area (Å²) in [6, 6.07) is 10.5. The maximum Gasteiger partial charge on any atom is 0.271 e. The number of halogens is 1. The fourth-order valence-electron chi connectivity index (χ4n) is 2.73. The second-order valence-corrected chi connectivity index (χ2v) is 9.11. The van der Waals surface area contributed by atoms with Crippen LogP contribution in [0.15, 0.2) is 41.5 Å². The molecule has 0 unspecified atom stereocenters. The number of nitrogens with one attached hydrogen (secondary N) is 1. The van der Waals surface area contributed by atoms with Crippen molar-refractivity contribution in [3.05, 3.63) is 63.7 Å². The molecule has 0 aromatic heterocycles. The number of hydrazone groups is 1. The van der Waals surface area contributed by atoms with Crippen LogP contribution >= 0.6 is 11.6 Å². The van der Waals surface area contributed by atoms with E-state index in [0.717, 1.165) is 16.7 Å². The summed E-state index contributed by atoms with van der Waals surface area (Å²) in [6.07, 6.45) is 1.59. The van der Waals surface area contributed by atoms with Crippen LogP contribution in [0.4, 0.5) is 0 Å². The molecule has 2 N–H and O–H groups in total. The third kappa shape index (κ3) is 5.33. The molecular weight excluding hydrogens is 360 g/mol. The molecule has 0 atom stereocenters. The average molecular weight is 387 g/mol. The largest absolute Gasteiger partial charge is 0.507 e. The van der Waals surface area contributed by atoms with E-state index in [2.05, 4.69) is 52.1 Å². The Morgan fingerprint density at radius 1 is 1.04 bits per heavy atom. The predicted octanol–water partition coefficient (Wildman–Crippen LogP) is 5.40. The Kier molecular flexibility index (Phi) is 6.01. The molecule has 0 bridgehead atoms. The van der Waals surface area contributed by atoms with Crippen molar-refractivity contribution in [1.82, 2.24) is 5.43 Å². The van der Waals surface area contributed by atoms with Crippen LogP contribution in [-0.2, 0) is 10.8 Å². The second kappa shape index (κ2) is 7.73. The molecule has 2 aromatic carbocycles. The van der Waals surface area contributed by atoms with Gasteiger partial charge in [-0.15, -0.1) is 0 Å². The Labute approximate surface area is 166 Å². The zero-order valence-corrected chi connectivity index (χ0v) is 17.5. The van der Waals surface area contributed by atoms with E-state index in [9.17, 15) is 9.90 Å². The highest BCUT2D eigenvalue weighted by Crippen LogP contribution is 2.39. The van der Waals surface area contributed by atoms with Crippen molar-refractivity contribution in [2.45, 2.75) is 52.4 Å². The number of aromatic hydroxyl groups is 1. The quantitative estimate of drug-likeness (QED) is 0.547. The Morgan fingerprint density at radius 2 is 1.59 bits per heavy atom. The minimum atomic E-state index is -0.334. The number of benzene rings is 2. The summed E-state index contributed by atoms with van der Waals surface area (Å²) < 4.78 is 0. The van der Waals surface area contributed by atoms with E-state index in [1.165, 1.54) is 0 Å². The minimum absolute atomic E-state index is 0.224. The monoisotopic (exact) mass is 386 g/mol. The minimum Gasteiger partial charge on any atom is -0.507 e. The van der Waals surface area contributed by atoms with Gasteiger partial charge in [-0.05, 0) is 46.7 Å². The van der Waals surface area contributed by atoms with Gasteiger partial charge in [-0.3, -0.25) is 4.79 Å². The lowest BCUT2D eigenvalue weighted by Gasteiger charge is -2.27. The number of rotatable bonds is 3. The van der Waals surface area contributed by atoms with Gasteiger partial charge in [0, 0.05) is 21.7 Å². The Bertz CT molecular complexity index is 840. The smallest absolute Gasteiger partial charge is 0.271 e. The molecule has 1 amide bonds. The lowest BCUT2D eigenvalue weighted by Crippen LogP contribution is -2.19. The van der Waals surface area contributed by atoms with E-state index >= 15 is 0 Å². The van der Waals surface area contributed by atoms with Gasteiger partial charge < -0.3 is 5.11 Å². The van der Waals surface area contributed by atoms with Crippen LogP contribution in [-0.4, -0.2) is 17.2 Å². The molecule has 5 heteroatoms. The van der Waals surface area contributed by atoms with Crippen LogP contribution in [0, 0.1) is 0 Å². The van der Waals surface area contributed by atoms with E-state index in [-0.39, 0.29) is 16.7 Å². The second-order valence-electron chi connectivity index (χ2n) is 8.67. The number of nitrogens with zero attached hydrogens (tertiary/aromatic N) is 1. The molecule has 4 nitrogen and oxygen atoms in total. The van der Waals surface area contributed by atoms with Gasteiger partial charge in [0.25, 0.3) is 5.91 Å². The summed E-state index contributed by atoms with van der Waals surface area (Å²) >= 11 is 5.91. The number of carbonyl (C=O) groups excluding carboxylic acids is 1. The highest BCUT2D eigenvalue weighted by molar-refractivity contribution is 6.30. The van der Waals surface area contributed by atoms with Gasteiger partial charge in [-0.1, -0.05) is 59.2 Å². The van der Waals surface area contributed by atoms with Crippen molar-refractivity contribution in [2.24, 2.45) is 5.10 Å². The number of hydrogen-bond acceptors (Lipinski definition) is 3. The first kappa shape index (κ1) is 21.0. The van der Waals surface area contributed by atoms with E-state index in [1.54, 1.807) is 30.5 Å². The molecule has 0 fully saturated rings. The Balaban J connectivity index is 2.32. The summed E-state index contributed by atoms with van der Waals surface area (Å²) in [5.41, 5.74) is 5.01. The third-order valence-corrected chi connectivity index (χ3v) is 4.45. The van der Waals surface area contributed by atoms with Crippen LogP contribution < -0.4 is 5.43 Å². The van der Waals surface area contributed by atoms with Crippen LogP contribution in [0.5, 0.6) is 5.75 Å². The predicted molar refractivity (Wildman–Crippen MR) is 112 cm³/mol. The topological polar surface area (TPSA) is 61.7 Å². The van der Waals surface area contributed by atoms with Gasteiger partial charge in [0.05, 0.1) is 6.21 Å². The Morgan fingerprint density at radius 3 is 2.07 bits per heavy atom. The molecule has 0 aliphatic rings. The molecule has 0 spiro atoms. The summed E-state index contributed by atoms with van der Waals surface area (Å²) in [5, 5.41) is 15.3. The fourth-order valence-corrected chi connectivity index (χ4v) is 2.92. The molecule has 0 radical (unpaired) electrons. The number of carbonyl (C=O) groups is 1. The van der Waals surface area contributed by atoms with E-state index < -0.39 is 0 Å². The number of phenolic OH excluding ortho intramolecular Hbond substituents is 1. The lowest BCUT2D eigenvalue weighted by molar-refractivity contribution is 0.0955. The maximum absolute atomic E-state index is 12.2. The summed E-state index contributed by atoms with van der Waals surface area (Å²) in [7, 11) is 0. The first-order valence-electron chi connectivity index (χ1n) is 8.86. The molecule has 2 aromatic rings. The highest BCUT2D eigenvalue weighted by atomic mass is 35.5. The fraction of sp³-hybridized carbons (Fsp3) is 0.364. The zero-order chi connectivity index (χ0) is 20.4. The summed E-state index contributed by atoms with van der Waals surface area (Å²) in [5.74, 6) is -0.0188. The first-order valence-corrected chi connectivity index (χ1v) is 9.24. The van der Waals surface area contributed by atoms with Crippen molar-refractivity contribution < 1.29 is 9.90 Å². The van der Waals surface area contributed by atoms with Gasteiger partial charge in [-0.2, -0.15) is 5.10 Å². The molecule has 2 rings (SSSR count). The molecule has 0 heterocycles. The van der Waals surface area contributed by atoms with Gasteiger partial charge >= 0.3 is 0 Å². The molecule has 0 saturated carbocycles. The van der Waals surface area contributed by atoms with Gasteiger partial charge in [-0.25, -0.2) is 5.43 Å². The molecule has 144 valence electrons. The van der Waals surface area contributed by atoms with E-state index in [0.29, 0.717) is 16.3 Å². The molecule has 0 aliphatic carbocycles. The van der Waals surface area contributed by atoms with Crippen LogP contribution in [0.25, 0.3) is 0 Å². The summed E-state index contributed by atoms with van der Waals surface area (Å²) in [4.78, 5) is 12.2. The number of phenols is 1. The highest BCUT2D eigenvalue weighted by Gasteiger charge is 2.26.